The first-order valence-electron chi connectivity index (χ1n) is 4.78. The Bertz CT molecular complexity index is 646. The Morgan fingerprint density at radius 2 is 1.67 bits per heavy atom. The maximum absolute atomic E-state index is 6.20. The highest BCUT2D eigenvalue weighted by molar-refractivity contribution is 7.33. The summed E-state index contributed by atoms with van der Waals surface area (Å²) in [6, 6.07) is 14.8. The Labute approximate surface area is 94.6 Å². The van der Waals surface area contributed by atoms with Gasteiger partial charge < -0.3 is 0 Å². The van der Waals surface area contributed by atoms with Crippen molar-refractivity contribution in [2.75, 3.05) is 0 Å². The molecule has 0 bridgehead atoms. The fourth-order valence-electron chi connectivity index (χ4n) is 1.90. The van der Waals surface area contributed by atoms with Gasteiger partial charge in [0.05, 0.1) is 4.75 Å². The number of hydrogen-bond acceptors (Lipinski definition) is 0. The van der Waals surface area contributed by atoms with Crippen molar-refractivity contribution < 1.29 is 0 Å². The Balaban J connectivity index is 2.60. The summed E-state index contributed by atoms with van der Waals surface area (Å²) in [5.41, 5.74) is 0. The largest absolute Gasteiger partial charge is 0.0783 e. The molecule has 0 aliphatic heterocycles. The quantitative estimate of drug-likeness (QED) is 0.464. The molecule has 0 unspecified atom stereocenters. The summed E-state index contributed by atoms with van der Waals surface area (Å²) in [5.74, 6) is 2.09. The molecule has 0 saturated carbocycles. The number of fused-ring (bicyclic) bond motifs is 3. The maximum Gasteiger partial charge on any atom is 0.0754 e. The molecule has 72 valence electrons. The lowest BCUT2D eigenvalue weighted by atomic mass is 10.0. The number of hydrogen-bond donors (Lipinski definition) is 0. The van der Waals surface area contributed by atoms with E-state index in [-0.39, 0.29) is 0 Å². The average Bonchev–Trinajstić information content (AvgIpc) is 2.29. The van der Waals surface area contributed by atoms with E-state index < -0.39 is 0 Å². The first kappa shape index (κ1) is 9.15. The first-order valence-corrected chi connectivity index (χ1v) is 6.12. The summed E-state index contributed by atoms with van der Waals surface area (Å²) in [6.07, 6.45) is 0. The Hall–Kier alpha value is -1.10. The van der Waals surface area contributed by atoms with Gasteiger partial charge in [-0.1, -0.05) is 56.2 Å². The predicted octanol–water partition coefficient (Wildman–Crippen LogP) is 5.23. The van der Waals surface area contributed by atoms with Gasteiger partial charge in [0.25, 0.3) is 0 Å². The van der Waals surface area contributed by atoms with E-state index in [4.69, 9.17) is 11.6 Å². The van der Waals surface area contributed by atoms with Crippen LogP contribution in [-0.4, -0.2) is 0 Å². The van der Waals surface area contributed by atoms with E-state index in [9.17, 15) is 0 Å². The minimum absolute atomic E-state index is 0.915. The molecular formula is C13H8ClP. The zero-order valence-corrected chi connectivity index (χ0v) is 9.59. The van der Waals surface area contributed by atoms with Gasteiger partial charge in [-0.2, -0.15) is 0 Å². The molecule has 2 aromatic carbocycles. The van der Waals surface area contributed by atoms with Crippen LogP contribution >= 0.6 is 19.8 Å². The topological polar surface area (TPSA) is 0 Å². The Morgan fingerprint density at radius 3 is 2.60 bits per heavy atom. The van der Waals surface area contributed by atoms with E-state index in [0.29, 0.717) is 0 Å². The van der Waals surface area contributed by atoms with Crippen LogP contribution in [-0.2, 0) is 0 Å². The van der Waals surface area contributed by atoms with Crippen molar-refractivity contribution in [3.8, 4) is 0 Å². The van der Waals surface area contributed by atoms with Crippen LogP contribution in [0.2, 0.25) is 4.75 Å². The summed E-state index contributed by atoms with van der Waals surface area (Å²) in [5, 5.41) is 4.96. The van der Waals surface area contributed by atoms with Crippen LogP contribution < -0.4 is 0 Å². The Morgan fingerprint density at radius 1 is 0.800 bits per heavy atom. The molecule has 1 heterocycles. The van der Waals surface area contributed by atoms with Gasteiger partial charge in [-0.15, -0.1) is 0 Å². The van der Waals surface area contributed by atoms with Crippen molar-refractivity contribution in [3.05, 3.63) is 53.0 Å². The van der Waals surface area contributed by atoms with E-state index in [1.54, 1.807) is 0 Å². The molecule has 0 aliphatic carbocycles. The third-order valence-electron chi connectivity index (χ3n) is 2.62. The fraction of sp³-hybridized carbons (Fsp3) is 0. The predicted molar refractivity (Wildman–Crippen MR) is 69.0 cm³/mol. The standard InChI is InChI=1S/C13H8ClP/c14-13-12-6-5-9-3-1-2-4-10(9)11(12)7-8-15-13/h1-8H. The zero-order chi connectivity index (χ0) is 10.3. The third kappa shape index (κ3) is 1.42. The van der Waals surface area contributed by atoms with Crippen molar-refractivity contribution in [1.82, 2.24) is 0 Å². The van der Waals surface area contributed by atoms with Gasteiger partial charge in [0.15, 0.2) is 0 Å². The van der Waals surface area contributed by atoms with E-state index in [1.807, 2.05) is 0 Å². The zero-order valence-electron chi connectivity index (χ0n) is 7.94. The summed E-state index contributed by atoms with van der Waals surface area (Å²) in [6.45, 7) is 0. The van der Waals surface area contributed by atoms with E-state index in [0.717, 1.165) is 12.9 Å². The lowest BCUT2D eigenvalue weighted by molar-refractivity contribution is 1.80. The van der Waals surface area contributed by atoms with E-state index in [2.05, 4.69) is 48.3 Å². The van der Waals surface area contributed by atoms with Crippen molar-refractivity contribution in [1.29, 1.82) is 0 Å². The van der Waals surface area contributed by atoms with Crippen LogP contribution in [0.3, 0.4) is 0 Å². The van der Waals surface area contributed by atoms with Crippen LogP contribution in [0.15, 0.2) is 48.3 Å². The fourth-order valence-corrected chi connectivity index (χ4v) is 2.92. The molecule has 3 aromatic rings. The van der Waals surface area contributed by atoms with Gasteiger partial charge in [0, 0.05) is 5.39 Å². The van der Waals surface area contributed by atoms with Crippen LogP contribution in [0.4, 0.5) is 0 Å². The van der Waals surface area contributed by atoms with Crippen LogP contribution in [0.25, 0.3) is 21.5 Å². The molecule has 0 fully saturated rings. The van der Waals surface area contributed by atoms with Gasteiger partial charge in [0.1, 0.15) is 0 Å². The average molecular weight is 231 g/mol. The molecular weight excluding hydrogens is 223 g/mol. The molecule has 0 amide bonds. The molecule has 0 atom stereocenters. The first-order chi connectivity index (χ1) is 7.36. The van der Waals surface area contributed by atoms with Crippen molar-refractivity contribution in [2.45, 2.75) is 0 Å². The van der Waals surface area contributed by atoms with Crippen LogP contribution in [0.1, 0.15) is 0 Å². The summed E-state index contributed by atoms with van der Waals surface area (Å²) >= 11 is 6.20. The van der Waals surface area contributed by atoms with Gasteiger partial charge in [-0.05, 0) is 28.0 Å². The van der Waals surface area contributed by atoms with Gasteiger partial charge in [-0.25, -0.2) is 0 Å². The summed E-state index contributed by atoms with van der Waals surface area (Å²) in [7, 11) is 1.09. The van der Waals surface area contributed by atoms with Crippen molar-refractivity contribution in [2.24, 2.45) is 0 Å². The molecule has 1 aromatic heterocycles. The normalized spacial score (nSPS) is 11.5. The lowest BCUT2D eigenvalue weighted by Gasteiger charge is -2.04. The molecule has 0 saturated heterocycles. The summed E-state index contributed by atoms with van der Waals surface area (Å²) < 4.78 is 0.915. The number of halogens is 1. The van der Waals surface area contributed by atoms with E-state index in [1.165, 1.54) is 21.5 Å². The van der Waals surface area contributed by atoms with E-state index >= 15 is 0 Å². The monoisotopic (exact) mass is 230 g/mol. The smallest absolute Gasteiger partial charge is 0.0754 e. The van der Waals surface area contributed by atoms with Gasteiger partial charge >= 0.3 is 0 Å². The molecule has 0 aliphatic rings. The molecule has 0 nitrogen and oxygen atoms in total. The van der Waals surface area contributed by atoms with Crippen molar-refractivity contribution >= 4 is 41.3 Å². The minimum Gasteiger partial charge on any atom is -0.0783 e. The van der Waals surface area contributed by atoms with Gasteiger partial charge in [-0.3, -0.25) is 0 Å². The maximum atomic E-state index is 6.20. The highest BCUT2D eigenvalue weighted by atomic mass is 35.5. The molecule has 0 spiro atoms. The lowest BCUT2D eigenvalue weighted by Crippen LogP contribution is -1.75. The van der Waals surface area contributed by atoms with Crippen LogP contribution in [0, 0.1) is 0 Å². The molecule has 15 heavy (non-hydrogen) atoms. The second-order valence-electron chi connectivity index (χ2n) is 3.48. The number of rotatable bonds is 0. The third-order valence-corrected chi connectivity index (χ3v) is 3.88. The number of benzene rings is 2. The molecule has 0 radical (unpaired) electrons. The SMILES string of the molecule is Clc1pccc2c1ccc1ccccc12. The van der Waals surface area contributed by atoms with Gasteiger partial charge in [0.2, 0.25) is 0 Å². The van der Waals surface area contributed by atoms with Crippen molar-refractivity contribution in [3.63, 3.8) is 0 Å². The Kier molecular flexibility index (Phi) is 2.12. The minimum atomic E-state index is 0.915. The summed E-state index contributed by atoms with van der Waals surface area (Å²) in [4.78, 5) is 0. The second-order valence-corrected chi connectivity index (χ2v) is 5.13. The highest BCUT2D eigenvalue weighted by Crippen LogP contribution is 2.34. The molecule has 2 heteroatoms. The molecule has 3 rings (SSSR count). The van der Waals surface area contributed by atoms with Crippen LogP contribution in [0.5, 0.6) is 0 Å². The highest BCUT2D eigenvalue weighted by Gasteiger charge is 2.02. The molecule has 0 N–H and O–H groups in total. The second kappa shape index (κ2) is 3.48.